The van der Waals surface area contributed by atoms with Crippen molar-refractivity contribution in [2.75, 3.05) is 26.2 Å². The van der Waals surface area contributed by atoms with E-state index in [1.54, 1.807) is 0 Å². The van der Waals surface area contributed by atoms with E-state index in [1.807, 2.05) is 0 Å². The predicted molar refractivity (Wildman–Crippen MR) is 71.4 cm³/mol. The van der Waals surface area contributed by atoms with E-state index in [4.69, 9.17) is 4.74 Å². The molecule has 1 unspecified atom stereocenters. The van der Waals surface area contributed by atoms with Crippen molar-refractivity contribution >= 4 is 5.91 Å². The van der Waals surface area contributed by atoms with Gasteiger partial charge in [0.15, 0.2) is 0 Å². The second kappa shape index (κ2) is 6.53. The van der Waals surface area contributed by atoms with Crippen LogP contribution >= 0.6 is 0 Å². The van der Waals surface area contributed by atoms with Gasteiger partial charge in [0.2, 0.25) is 5.91 Å². The SMILES string of the molecule is CCC1(C(=O)NCC2CCCCO2)CCNCC1. The molecule has 0 bridgehead atoms. The average molecular weight is 254 g/mol. The zero-order chi connectivity index (χ0) is 12.8. The van der Waals surface area contributed by atoms with Crippen LogP contribution in [0.1, 0.15) is 45.4 Å². The number of carbonyl (C=O) groups is 1. The number of rotatable bonds is 4. The van der Waals surface area contributed by atoms with Crippen molar-refractivity contribution in [1.29, 1.82) is 0 Å². The highest BCUT2D eigenvalue weighted by molar-refractivity contribution is 5.82. The fraction of sp³-hybridized carbons (Fsp3) is 0.929. The summed E-state index contributed by atoms with van der Waals surface area (Å²) < 4.78 is 5.66. The quantitative estimate of drug-likeness (QED) is 0.798. The van der Waals surface area contributed by atoms with Crippen LogP contribution < -0.4 is 10.6 Å². The molecule has 0 saturated carbocycles. The van der Waals surface area contributed by atoms with E-state index < -0.39 is 0 Å². The van der Waals surface area contributed by atoms with E-state index in [0.717, 1.165) is 51.8 Å². The monoisotopic (exact) mass is 254 g/mol. The lowest BCUT2D eigenvalue weighted by Gasteiger charge is -2.36. The Morgan fingerprint density at radius 3 is 2.78 bits per heavy atom. The fourth-order valence-electron chi connectivity index (χ4n) is 3.01. The molecule has 0 aliphatic carbocycles. The molecule has 2 aliphatic heterocycles. The highest BCUT2D eigenvalue weighted by Crippen LogP contribution is 2.32. The number of piperidine rings is 1. The fourth-order valence-corrected chi connectivity index (χ4v) is 3.01. The Kier molecular flexibility index (Phi) is 5.01. The molecule has 2 N–H and O–H groups in total. The van der Waals surface area contributed by atoms with Crippen molar-refractivity contribution in [3.8, 4) is 0 Å². The molecule has 18 heavy (non-hydrogen) atoms. The van der Waals surface area contributed by atoms with Crippen molar-refractivity contribution in [3.63, 3.8) is 0 Å². The second-order valence-electron chi connectivity index (χ2n) is 5.58. The van der Waals surface area contributed by atoms with Crippen LogP contribution in [0.25, 0.3) is 0 Å². The van der Waals surface area contributed by atoms with Gasteiger partial charge in [-0.3, -0.25) is 4.79 Å². The van der Waals surface area contributed by atoms with E-state index in [2.05, 4.69) is 17.6 Å². The van der Waals surface area contributed by atoms with E-state index >= 15 is 0 Å². The van der Waals surface area contributed by atoms with Crippen LogP contribution in [0.4, 0.5) is 0 Å². The first kappa shape index (κ1) is 13.8. The van der Waals surface area contributed by atoms with Gasteiger partial charge >= 0.3 is 0 Å². The first-order valence-corrected chi connectivity index (χ1v) is 7.37. The third kappa shape index (κ3) is 3.23. The molecule has 4 heteroatoms. The molecular weight excluding hydrogens is 228 g/mol. The van der Waals surface area contributed by atoms with Gasteiger partial charge in [-0.15, -0.1) is 0 Å². The highest BCUT2D eigenvalue weighted by Gasteiger charge is 2.37. The lowest BCUT2D eigenvalue weighted by molar-refractivity contribution is -0.133. The zero-order valence-electron chi connectivity index (χ0n) is 11.5. The maximum atomic E-state index is 12.4. The largest absolute Gasteiger partial charge is 0.376 e. The van der Waals surface area contributed by atoms with Crippen LogP contribution in [-0.4, -0.2) is 38.3 Å². The van der Waals surface area contributed by atoms with Gasteiger partial charge in [0.25, 0.3) is 0 Å². The maximum Gasteiger partial charge on any atom is 0.226 e. The number of ether oxygens (including phenoxy) is 1. The van der Waals surface area contributed by atoms with E-state index in [-0.39, 0.29) is 17.4 Å². The first-order chi connectivity index (χ1) is 8.77. The van der Waals surface area contributed by atoms with E-state index in [1.165, 1.54) is 6.42 Å². The Balaban J connectivity index is 1.81. The number of hydrogen-bond acceptors (Lipinski definition) is 3. The van der Waals surface area contributed by atoms with Crippen LogP contribution in [0.2, 0.25) is 0 Å². The average Bonchev–Trinajstić information content (AvgIpc) is 2.46. The summed E-state index contributed by atoms with van der Waals surface area (Å²) in [6, 6.07) is 0. The lowest BCUT2D eigenvalue weighted by atomic mass is 9.76. The molecule has 2 rings (SSSR count). The summed E-state index contributed by atoms with van der Waals surface area (Å²) in [4.78, 5) is 12.4. The molecule has 1 amide bonds. The van der Waals surface area contributed by atoms with Crippen LogP contribution in [-0.2, 0) is 9.53 Å². The normalized spacial score (nSPS) is 27.7. The van der Waals surface area contributed by atoms with Crippen molar-refractivity contribution < 1.29 is 9.53 Å². The molecule has 2 fully saturated rings. The molecule has 0 radical (unpaired) electrons. The summed E-state index contributed by atoms with van der Waals surface area (Å²) in [5.41, 5.74) is -0.139. The summed E-state index contributed by atoms with van der Waals surface area (Å²) in [5.74, 6) is 0.237. The zero-order valence-corrected chi connectivity index (χ0v) is 11.5. The van der Waals surface area contributed by atoms with Gasteiger partial charge in [0.05, 0.1) is 11.5 Å². The van der Waals surface area contributed by atoms with Crippen molar-refractivity contribution in [2.45, 2.75) is 51.6 Å². The lowest BCUT2D eigenvalue weighted by Crippen LogP contribution is -2.49. The van der Waals surface area contributed by atoms with Crippen LogP contribution in [0, 0.1) is 5.41 Å². The number of amides is 1. The van der Waals surface area contributed by atoms with E-state index in [9.17, 15) is 4.79 Å². The number of carbonyl (C=O) groups excluding carboxylic acids is 1. The van der Waals surface area contributed by atoms with Crippen molar-refractivity contribution in [3.05, 3.63) is 0 Å². The molecule has 1 atom stereocenters. The molecule has 0 aromatic carbocycles. The molecule has 0 aromatic heterocycles. The minimum Gasteiger partial charge on any atom is -0.376 e. The third-order valence-electron chi connectivity index (χ3n) is 4.48. The smallest absolute Gasteiger partial charge is 0.226 e. The molecule has 4 nitrogen and oxygen atoms in total. The first-order valence-electron chi connectivity index (χ1n) is 7.37. The molecule has 2 aliphatic rings. The van der Waals surface area contributed by atoms with Gasteiger partial charge in [-0.1, -0.05) is 6.92 Å². The van der Waals surface area contributed by atoms with Gasteiger partial charge in [-0.05, 0) is 51.6 Å². The Labute approximate surface area is 110 Å². The van der Waals surface area contributed by atoms with E-state index in [0.29, 0.717) is 6.54 Å². The summed E-state index contributed by atoms with van der Waals surface area (Å²) in [6.07, 6.45) is 6.56. The minimum atomic E-state index is -0.139. The summed E-state index contributed by atoms with van der Waals surface area (Å²) in [6.45, 7) is 5.59. The van der Waals surface area contributed by atoms with Gasteiger partial charge in [0, 0.05) is 13.2 Å². The summed E-state index contributed by atoms with van der Waals surface area (Å²) in [7, 11) is 0. The summed E-state index contributed by atoms with van der Waals surface area (Å²) in [5, 5.41) is 6.45. The molecular formula is C14H26N2O2. The molecule has 2 heterocycles. The van der Waals surface area contributed by atoms with Gasteiger partial charge in [0.1, 0.15) is 0 Å². The van der Waals surface area contributed by atoms with Crippen molar-refractivity contribution in [1.82, 2.24) is 10.6 Å². The highest BCUT2D eigenvalue weighted by atomic mass is 16.5. The van der Waals surface area contributed by atoms with Crippen LogP contribution in [0.15, 0.2) is 0 Å². The standard InChI is InChI=1S/C14H26N2O2/c1-2-14(6-8-15-9-7-14)13(17)16-11-12-5-3-4-10-18-12/h12,15H,2-11H2,1H3,(H,16,17). The Hall–Kier alpha value is -0.610. The number of hydrogen-bond donors (Lipinski definition) is 2. The Bertz CT molecular complexity index is 269. The second-order valence-corrected chi connectivity index (χ2v) is 5.58. The number of nitrogens with one attached hydrogen (secondary N) is 2. The molecule has 2 saturated heterocycles. The van der Waals surface area contributed by atoms with Gasteiger partial charge in [-0.25, -0.2) is 0 Å². The topological polar surface area (TPSA) is 50.4 Å². The predicted octanol–water partition coefficient (Wildman–Crippen LogP) is 1.45. The summed E-state index contributed by atoms with van der Waals surface area (Å²) >= 11 is 0. The van der Waals surface area contributed by atoms with Gasteiger partial charge < -0.3 is 15.4 Å². The maximum absolute atomic E-state index is 12.4. The van der Waals surface area contributed by atoms with Crippen LogP contribution in [0.5, 0.6) is 0 Å². The van der Waals surface area contributed by atoms with Gasteiger partial charge in [-0.2, -0.15) is 0 Å². The Morgan fingerprint density at radius 1 is 1.39 bits per heavy atom. The van der Waals surface area contributed by atoms with Crippen molar-refractivity contribution in [2.24, 2.45) is 5.41 Å². The third-order valence-corrected chi connectivity index (χ3v) is 4.48. The van der Waals surface area contributed by atoms with Crippen LogP contribution in [0.3, 0.4) is 0 Å². The molecule has 0 aromatic rings. The minimum absolute atomic E-state index is 0.139. The Morgan fingerprint density at radius 2 is 2.17 bits per heavy atom. The molecule has 104 valence electrons. The molecule has 0 spiro atoms.